The number of aryl methyl sites for hydroxylation is 1. The van der Waals surface area contributed by atoms with Crippen molar-refractivity contribution in [2.75, 3.05) is 5.43 Å². The number of hydrazine groups is 1. The maximum absolute atomic E-state index is 8.99. The number of anilines is 1. The third kappa shape index (κ3) is 3.09. The minimum Gasteiger partial charge on any atom is -0.438 e. The third-order valence-electron chi connectivity index (χ3n) is 3.09. The number of nitrogens with zero attached hydrogens (tertiary/aromatic N) is 3. The smallest absolute Gasteiger partial charge is 0.227 e. The van der Waals surface area contributed by atoms with E-state index in [1.807, 2.05) is 26.8 Å². The molecule has 0 bridgehead atoms. The van der Waals surface area contributed by atoms with Crippen LogP contribution in [-0.2, 0) is 0 Å². The van der Waals surface area contributed by atoms with Crippen LogP contribution in [0.4, 0.5) is 5.82 Å². The van der Waals surface area contributed by atoms with Gasteiger partial charge in [-0.2, -0.15) is 5.26 Å². The summed E-state index contributed by atoms with van der Waals surface area (Å²) < 4.78 is 5.89. The number of nitrogens with two attached hydrogens (primary N) is 1. The lowest BCUT2D eigenvalue weighted by molar-refractivity contribution is 0.448. The van der Waals surface area contributed by atoms with Gasteiger partial charge in [0.25, 0.3) is 0 Å². The highest BCUT2D eigenvalue weighted by Crippen LogP contribution is 2.33. The average Bonchev–Trinajstić information content (AvgIpc) is 2.48. The Hall–Kier alpha value is -2.65. The summed E-state index contributed by atoms with van der Waals surface area (Å²) >= 11 is 0. The van der Waals surface area contributed by atoms with Gasteiger partial charge >= 0.3 is 0 Å². The summed E-state index contributed by atoms with van der Waals surface area (Å²) in [6.07, 6.45) is 1.39. The molecule has 108 valence electrons. The van der Waals surface area contributed by atoms with Gasteiger partial charge in [0.1, 0.15) is 12.1 Å². The van der Waals surface area contributed by atoms with Gasteiger partial charge in [0, 0.05) is 0 Å². The predicted octanol–water partition coefficient (Wildman–Crippen LogP) is 2.86. The number of nitrogens with one attached hydrogen (secondary N) is 1. The van der Waals surface area contributed by atoms with Crippen LogP contribution in [0.1, 0.15) is 36.5 Å². The second-order valence-electron chi connectivity index (χ2n) is 4.93. The molecule has 0 atom stereocenters. The highest BCUT2D eigenvalue weighted by atomic mass is 16.5. The maximum atomic E-state index is 8.99. The minimum absolute atomic E-state index is 0.131. The van der Waals surface area contributed by atoms with Gasteiger partial charge in [-0.1, -0.05) is 19.9 Å². The summed E-state index contributed by atoms with van der Waals surface area (Å²) in [4.78, 5) is 8.29. The van der Waals surface area contributed by atoms with Crippen LogP contribution in [0.25, 0.3) is 0 Å². The van der Waals surface area contributed by atoms with E-state index < -0.39 is 0 Å². The monoisotopic (exact) mass is 283 g/mol. The lowest BCUT2D eigenvalue weighted by atomic mass is 10.1. The summed E-state index contributed by atoms with van der Waals surface area (Å²) in [7, 11) is 0. The van der Waals surface area contributed by atoms with Crippen molar-refractivity contribution < 1.29 is 4.74 Å². The largest absolute Gasteiger partial charge is 0.438 e. The molecule has 1 aromatic carbocycles. The number of nitrogen functional groups attached to an aromatic ring is 1. The van der Waals surface area contributed by atoms with Gasteiger partial charge in [-0.3, -0.25) is 0 Å². The van der Waals surface area contributed by atoms with Crippen molar-refractivity contribution >= 4 is 5.82 Å². The molecular formula is C15H17N5O. The van der Waals surface area contributed by atoms with Gasteiger partial charge in [-0.05, 0) is 30.5 Å². The molecule has 2 rings (SSSR count). The molecule has 0 radical (unpaired) electrons. The van der Waals surface area contributed by atoms with E-state index in [1.165, 1.54) is 6.33 Å². The Labute approximate surface area is 123 Å². The first-order valence-corrected chi connectivity index (χ1v) is 6.57. The van der Waals surface area contributed by atoms with Crippen LogP contribution < -0.4 is 16.0 Å². The Morgan fingerprint density at radius 2 is 2.10 bits per heavy atom. The number of nitriles is 1. The molecular weight excluding hydrogens is 266 g/mol. The molecule has 2 aromatic rings. The molecule has 0 saturated carbocycles. The fourth-order valence-corrected chi connectivity index (χ4v) is 1.98. The van der Waals surface area contributed by atoms with Crippen LogP contribution in [0.15, 0.2) is 24.5 Å². The standard InChI is InChI=1S/C15H17N5O/c1-9(2)13-14(20-17)18-8-19-15(13)21-12-6-11(7-16)5-4-10(12)3/h4-6,8-9H,17H2,1-3H3,(H,18,19,20). The number of benzene rings is 1. The van der Waals surface area contributed by atoms with Crippen LogP contribution in [0.5, 0.6) is 11.6 Å². The number of aromatic nitrogens is 2. The summed E-state index contributed by atoms with van der Waals surface area (Å²) in [5, 5.41) is 8.99. The molecule has 1 heterocycles. The van der Waals surface area contributed by atoms with E-state index in [1.54, 1.807) is 12.1 Å². The van der Waals surface area contributed by atoms with Crippen molar-refractivity contribution in [3.63, 3.8) is 0 Å². The quantitative estimate of drug-likeness (QED) is 0.661. The Balaban J connectivity index is 2.47. The number of ether oxygens (including phenoxy) is 1. The Bertz CT molecular complexity index is 691. The van der Waals surface area contributed by atoms with E-state index in [0.29, 0.717) is 23.0 Å². The lowest BCUT2D eigenvalue weighted by Gasteiger charge is -2.16. The van der Waals surface area contributed by atoms with E-state index in [-0.39, 0.29) is 5.92 Å². The molecule has 6 heteroatoms. The molecule has 0 unspecified atom stereocenters. The second-order valence-corrected chi connectivity index (χ2v) is 4.93. The van der Waals surface area contributed by atoms with E-state index in [2.05, 4.69) is 21.5 Å². The van der Waals surface area contributed by atoms with Crippen LogP contribution in [0.2, 0.25) is 0 Å². The van der Waals surface area contributed by atoms with E-state index in [9.17, 15) is 0 Å². The molecule has 0 aliphatic heterocycles. The summed E-state index contributed by atoms with van der Waals surface area (Å²) in [6.45, 7) is 5.92. The molecule has 0 spiro atoms. The second kappa shape index (κ2) is 6.20. The fourth-order valence-electron chi connectivity index (χ4n) is 1.98. The molecule has 21 heavy (non-hydrogen) atoms. The molecule has 0 fully saturated rings. The zero-order valence-corrected chi connectivity index (χ0v) is 12.2. The molecule has 0 amide bonds. The molecule has 0 aliphatic rings. The van der Waals surface area contributed by atoms with Gasteiger partial charge in [0.15, 0.2) is 5.82 Å². The van der Waals surface area contributed by atoms with Crippen LogP contribution >= 0.6 is 0 Å². The summed E-state index contributed by atoms with van der Waals surface area (Å²) in [5.74, 6) is 7.18. The molecule has 1 aromatic heterocycles. The van der Waals surface area contributed by atoms with Gasteiger partial charge in [-0.25, -0.2) is 15.8 Å². The van der Waals surface area contributed by atoms with Crippen LogP contribution in [-0.4, -0.2) is 9.97 Å². The SMILES string of the molecule is Cc1ccc(C#N)cc1Oc1ncnc(NN)c1C(C)C. The molecule has 3 N–H and O–H groups in total. The Kier molecular flexibility index (Phi) is 4.36. The lowest BCUT2D eigenvalue weighted by Crippen LogP contribution is -2.13. The van der Waals surface area contributed by atoms with Crippen molar-refractivity contribution in [2.45, 2.75) is 26.7 Å². The van der Waals surface area contributed by atoms with Crippen molar-refractivity contribution in [3.05, 3.63) is 41.2 Å². The average molecular weight is 283 g/mol. The van der Waals surface area contributed by atoms with Crippen molar-refractivity contribution in [3.8, 4) is 17.7 Å². The first-order chi connectivity index (χ1) is 10.1. The topological polar surface area (TPSA) is 96.8 Å². The number of hydrogen-bond acceptors (Lipinski definition) is 6. The van der Waals surface area contributed by atoms with Gasteiger partial charge in [-0.15, -0.1) is 0 Å². The highest BCUT2D eigenvalue weighted by molar-refractivity contribution is 5.52. The minimum atomic E-state index is 0.131. The first kappa shape index (κ1) is 14.8. The van der Waals surface area contributed by atoms with E-state index in [0.717, 1.165) is 11.1 Å². The Morgan fingerprint density at radius 3 is 2.71 bits per heavy atom. The first-order valence-electron chi connectivity index (χ1n) is 6.57. The zero-order valence-electron chi connectivity index (χ0n) is 12.2. The maximum Gasteiger partial charge on any atom is 0.227 e. The highest BCUT2D eigenvalue weighted by Gasteiger charge is 2.17. The molecule has 6 nitrogen and oxygen atoms in total. The van der Waals surface area contributed by atoms with Crippen molar-refractivity contribution in [1.82, 2.24) is 9.97 Å². The van der Waals surface area contributed by atoms with Crippen molar-refractivity contribution in [2.24, 2.45) is 5.84 Å². The van der Waals surface area contributed by atoms with Gasteiger partial charge < -0.3 is 10.2 Å². The number of rotatable bonds is 4. The van der Waals surface area contributed by atoms with Gasteiger partial charge in [0.2, 0.25) is 5.88 Å². The molecule has 0 saturated heterocycles. The summed E-state index contributed by atoms with van der Waals surface area (Å²) in [5.41, 5.74) is 4.81. The predicted molar refractivity (Wildman–Crippen MR) is 79.9 cm³/mol. The van der Waals surface area contributed by atoms with Gasteiger partial charge in [0.05, 0.1) is 17.2 Å². The van der Waals surface area contributed by atoms with Crippen LogP contribution in [0, 0.1) is 18.3 Å². The Morgan fingerprint density at radius 1 is 1.33 bits per heavy atom. The van der Waals surface area contributed by atoms with E-state index in [4.69, 9.17) is 15.8 Å². The van der Waals surface area contributed by atoms with Crippen LogP contribution in [0.3, 0.4) is 0 Å². The van der Waals surface area contributed by atoms with E-state index >= 15 is 0 Å². The normalized spacial score (nSPS) is 10.3. The van der Waals surface area contributed by atoms with Crippen molar-refractivity contribution in [1.29, 1.82) is 5.26 Å². The molecule has 0 aliphatic carbocycles. The zero-order chi connectivity index (χ0) is 15.4. The number of hydrogen-bond donors (Lipinski definition) is 2. The summed E-state index contributed by atoms with van der Waals surface area (Å²) in [6, 6.07) is 7.37. The fraction of sp³-hybridized carbons (Fsp3) is 0.267. The third-order valence-corrected chi connectivity index (χ3v) is 3.09.